The van der Waals surface area contributed by atoms with Gasteiger partial charge in [0, 0.05) is 11.1 Å². The lowest BCUT2D eigenvalue weighted by Gasteiger charge is -2.07. The summed E-state index contributed by atoms with van der Waals surface area (Å²) < 4.78 is 5.25. The predicted molar refractivity (Wildman–Crippen MR) is 131 cm³/mol. The van der Waals surface area contributed by atoms with E-state index in [0.29, 0.717) is 16.8 Å². The summed E-state index contributed by atoms with van der Waals surface area (Å²) in [6, 6.07) is 31.7. The number of hydrogen-bond acceptors (Lipinski definition) is 5. The summed E-state index contributed by atoms with van der Waals surface area (Å²) in [6.07, 6.45) is 1.71. The van der Waals surface area contributed by atoms with Crippen molar-refractivity contribution in [3.8, 4) is 22.4 Å². The van der Waals surface area contributed by atoms with Gasteiger partial charge in [-0.1, -0.05) is 78.9 Å². The topological polar surface area (TPSA) is 69.2 Å². The molecule has 5 aromatic rings. The highest BCUT2D eigenvalue weighted by Crippen LogP contribution is 2.21. The molecule has 0 aliphatic carbocycles. The van der Waals surface area contributed by atoms with Gasteiger partial charge in [-0.15, -0.1) is 0 Å². The fraction of sp³-hybridized carbons (Fsp3) is 0.0345. The maximum atomic E-state index is 12.5. The number of esters is 1. The molecule has 164 valence electrons. The normalized spacial score (nSPS) is 10.7. The Morgan fingerprint density at radius 3 is 1.94 bits per heavy atom. The average Bonchev–Trinajstić information content (AvgIpc) is 2.92. The Balaban J connectivity index is 1.21. The minimum Gasteiger partial charge on any atom is -0.454 e. The van der Waals surface area contributed by atoms with Crippen LogP contribution in [-0.2, 0) is 4.74 Å². The summed E-state index contributed by atoms with van der Waals surface area (Å²) in [6.45, 7) is -0.318. The third kappa shape index (κ3) is 4.59. The lowest BCUT2D eigenvalue weighted by Crippen LogP contribution is -2.14. The molecular formula is C29H20N2O3. The molecule has 0 saturated heterocycles. The molecule has 1 aromatic heterocycles. The molecule has 0 bridgehead atoms. The first kappa shape index (κ1) is 21.2. The first-order valence-electron chi connectivity index (χ1n) is 10.9. The molecular weight excluding hydrogens is 424 g/mol. The zero-order valence-electron chi connectivity index (χ0n) is 18.2. The molecule has 0 spiro atoms. The van der Waals surface area contributed by atoms with Crippen molar-refractivity contribution in [1.29, 1.82) is 0 Å². The minimum absolute atomic E-state index is 0.254. The van der Waals surface area contributed by atoms with E-state index in [0.717, 1.165) is 27.7 Å². The standard InChI is InChI=1S/C29H20N2O3/c32-28(23-14-10-21(11-15-23)20-6-2-1-3-7-20)19-34-29(33)24-16-12-22(13-17-24)27-18-30-25-8-4-5-9-26(25)31-27/h1-18H,19H2. The van der Waals surface area contributed by atoms with E-state index in [-0.39, 0.29) is 12.4 Å². The highest BCUT2D eigenvalue weighted by atomic mass is 16.5. The van der Waals surface area contributed by atoms with Gasteiger partial charge in [0.15, 0.2) is 12.4 Å². The lowest BCUT2D eigenvalue weighted by atomic mass is 10.0. The van der Waals surface area contributed by atoms with Gasteiger partial charge in [0.25, 0.3) is 0 Å². The second kappa shape index (κ2) is 9.46. The number of rotatable bonds is 6. The quantitative estimate of drug-likeness (QED) is 0.237. The summed E-state index contributed by atoms with van der Waals surface area (Å²) >= 11 is 0. The molecule has 0 N–H and O–H groups in total. The van der Waals surface area contributed by atoms with Crippen LogP contribution in [0, 0.1) is 0 Å². The van der Waals surface area contributed by atoms with Crippen LogP contribution in [0.1, 0.15) is 20.7 Å². The van der Waals surface area contributed by atoms with Gasteiger partial charge in [-0.2, -0.15) is 0 Å². The Labute approximate surface area is 196 Å². The summed E-state index contributed by atoms with van der Waals surface area (Å²) in [5.41, 5.74) is 6.14. The highest BCUT2D eigenvalue weighted by Gasteiger charge is 2.13. The second-order valence-corrected chi connectivity index (χ2v) is 7.76. The van der Waals surface area contributed by atoms with Gasteiger partial charge in [0.1, 0.15) is 0 Å². The fourth-order valence-corrected chi connectivity index (χ4v) is 3.65. The Kier molecular flexibility index (Phi) is 5.91. The van der Waals surface area contributed by atoms with Crippen molar-refractivity contribution in [3.05, 3.63) is 120 Å². The molecule has 0 atom stereocenters. The molecule has 5 rings (SSSR count). The first-order chi connectivity index (χ1) is 16.7. The van der Waals surface area contributed by atoms with E-state index in [4.69, 9.17) is 4.74 Å². The minimum atomic E-state index is -0.551. The molecule has 5 heteroatoms. The number of ketones is 1. The van der Waals surface area contributed by atoms with Crippen molar-refractivity contribution in [2.75, 3.05) is 6.61 Å². The number of para-hydroxylation sites is 2. The van der Waals surface area contributed by atoms with E-state index in [1.807, 2.05) is 66.7 Å². The van der Waals surface area contributed by atoms with Crippen LogP contribution < -0.4 is 0 Å². The van der Waals surface area contributed by atoms with E-state index < -0.39 is 5.97 Å². The second-order valence-electron chi connectivity index (χ2n) is 7.76. The van der Waals surface area contributed by atoms with Crippen LogP contribution in [0.4, 0.5) is 0 Å². The van der Waals surface area contributed by atoms with Gasteiger partial charge < -0.3 is 4.74 Å². The number of nitrogens with zero attached hydrogens (tertiary/aromatic N) is 2. The zero-order valence-corrected chi connectivity index (χ0v) is 18.2. The van der Waals surface area contributed by atoms with Crippen LogP contribution in [-0.4, -0.2) is 28.3 Å². The van der Waals surface area contributed by atoms with Gasteiger partial charge in [-0.3, -0.25) is 9.78 Å². The van der Waals surface area contributed by atoms with Crippen molar-refractivity contribution < 1.29 is 14.3 Å². The Morgan fingerprint density at radius 1 is 0.618 bits per heavy atom. The third-order valence-corrected chi connectivity index (χ3v) is 5.51. The Bertz CT molecular complexity index is 1460. The average molecular weight is 444 g/mol. The summed E-state index contributed by atoms with van der Waals surface area (Å²) in [5, 5.41) is 0. The van der Waals surface area contributed by atoms with Gasteiger partial charge in [-0.25, -0.2) is 9.78 Å². The van der Waals surface area contributed by atoms with E-state index in [9.17, 15) is 9.59 Å². The van der Waals surface area contributed by atoms with Gasteiger partial charge in [0.2, 0.25) is 0 Å². The molecule has 0 aliphatic rings. The summed E-state index contributed by atoms with van der Waals surface area (Å²) in [7, 11) is 0. The number of carbonyl (C=O) groups excluding carboxylic acids is 2. The molecule has 0 unspecified atom stereocenters. The predicted octanol–water partition coefficient (Wildman–Crippen LogP) is 6.00. The maximum Gasteiger partial charge on any atom is 0.338 e. The van der Waals surface area contributed by atoms with Gasteiger partial charge in [-0.05, 0) is 35.4 Å². The molecule has 0 aliphatic heterocycles. The molecule has 34 heavy (non-hydrogen) atoms. The highest BCUT2D eigenvalue weighted by molar-refractivity contribution is 5.99. The van der Waals surface area contributed by atoms with Crippen LogP contribution in [0.25, 0.3) is 33.4 Å². The number of carbonyl (C=O) groups is 2. The van der Waals surface area contributed by atoms with Crippen LogP contribution >= 0.6 is 0 Å². The van der Waals surface area contributed by atoms with Crippen molar-refractivity contribution in [3.63, 3.8) is 0 Å². The van der Waals surface area contributed by atoms with E-state index in [2.05, 4.69) is 9.97 Å². The molecule has 1 heterocycles. The van der Waals surface area contributed by atoms with Crippen molar-refractivity contribution in [2.45, 2.75) is 0 Å². The van der Waals surface area contributed by atoms with E-state index in [1.165, 1.54) is 0 Å². The SMILES string of the molecule is O=C(COC(=O)c1ccc(-c2cnc3ccccc3n2)cc1)c1ccc(-c2ccccc2)cc1. The number of ether oxygens (including phenoxy) is 1. The Morgan fingerprint density at radius 2 is 1.21 bits per heavy atom. The third-order valence-electron chi connectivity index (χ3n) is 5.51. The number of Topliss-reactive ketones (excluding diaryl/α,β-unsaturated/α-hetero) is 1. The molecule has 0 saturated carbocycles. The summed E-state index contributed by atoms with van der Waals surface area (Å²) in [5.74, 6) is -0.804. The lowest BCUT2D eigenvalue weighted by molar-refractivity contribution is 0.0475. The maximum absolute atomic E-state index is 12.5. The van der Waals surface area contributed by atoms with E-state index >= 15 is 0 Å². The van der Waals surface area contributed by atoms with Crippen LogP contribution in [0.15, 0.2) is 109 Å². The first-order valence-corrected chi connectivity index (χ1v) is 10.9. The fourth-order valence-electron chi connectivity index (χ4n) is 3.65. The molecule has 5 nitrogen and oxygen atoms in total. The molecule has 0 fully saturated rings. The van der Waals surface area contributed by atoms with E-state index in [1.54, 1.807) is 42.6 Å². The monoisotopic (exact) mass is 444 g/mol. The van der Waals surface area contributed by atoms with Crippen molar-refractivity contribution >= 4 is 22.8 Å². The van der Waals surface area contributed by atoms with Crippen molar-refractivity contribution in [2.24, 2.45) is 0 Å². The van der Waals surface area contributed by atoms with Crippen LogP contribution in [0.2, 0.25) is 0 Å². The smallest absolute Gasteiger partial charge is 0.338 e. The van der Waals surface area contributed by atoms with Gasteiger partial charge >= 0.3 is 5.97 Å². The zero-order chi connectivity index (χ0) is 23.3. The van der Waals surface area contributed by atoms with Crippen LogP contribution in [0.5, 0.6) is 0 Å². The molecule has 0 radical (unpaired) electrons. The number of benzene rings is 4. The Hall–Kier alpha value is -4.64. The molecule has 0 amide bonds. The number of fused-ring (bicyclic) bond motifs is 1. The van der Waals surface area contributed by atoms with Gasteiger partial charge in [0.05, 0.1) is 28.5 Å². The van der Waals surface area contributed by atoms with Crippen LogP contribution in [0.3, 0.4) is 0 Å². The largest absolute Gasteiger partial charge is 0.454 e. The number of hydrogen-bond donors (Lipinski definition) is 0. The molecule has 4 aromatic carbocycles. The van der Waals surface area contributed by atoms with Crippen molar-refractivity contribution in [1.82, 2.24) is 9.97 Å². The summed E-state index contributed by atoms with van der Waals surface area (Å²) in [4.78, 5) is 34.0. The number of aromatic nitrogens is 2.